The van der Waals surface area contributed by atoms with Gasteiger partial charge in [-0.1, -0.05) is 0 Å². The highest BCUT2D eigenvalue weighted by molar-refractivity contribution is 6.00. The maximum absolute atomic E-state index is 12.8. The number of carbonyl (C=O) groups excluding carboxylic acids is 1. The van der Waals surface area contributed by atoms with Crippen molar-refractivity contribution in [3.05, 3.63) is 47.7 Å². The molecule has 8 nitrogen and oxygen atoms in total. The average Bonchev–Trinajstić information content (AvgIpc) is 3.00. The predicted octanol–water partition coefficient (Wildman–Crippen LogP) is 3.28. The van der Waals surface area contributed by atoms with Crippen LogP contribution in [0.2, 0.25) is 0 Å². The number of hydrogen-bond donors (Lipinski definition) is 2. The van der Waals surface area contributed by atoms with Crippen LogP contribution in [0.15, 0.2) is 30.6 Å². The zero-order valence-corrected chi connectivity index (χ0v) is 15.0. The normalized spacial score (nSPS) is 11.6. The number of methoxy groups -OCH3 is 1. The maximum Gasteiger partial charge on any atom is 0.433 e. The molecule has 0 aliphatic carbocycles. The van der Waals surface area contributed by atoms with Gasteiger partial charge >= 0.3 is 12.2 Å². The predicted molar refractivity (Wildman–Crippen MR) is 95.2 cm³/mol. The summed E-state index contributed by atoms with van der Waals surface area (Å²) < 4.78 is 45.0. The minimum atomic E-state index is -4.60. The molecule has 2 amide bonds. The van der Waals surface area contributed by atoms with Gasteiger partial charge in [0.05, 0.1) is 29.9 Å². The number of fused-ring (bicyclic) bond motifs is 1. The fourth-order valence-corrected chi connectivity index (χ4v) is 2.59. The van der Waals surface area contributed by atoms with Crippen LogP contribution in [0.4, 0.5) is 29.3 Å². The highest BCUT2D eigenvalue weighted by Gasteiger charge is 2.32. The second kappa shape index (κ2) is 7.80. The monoisotopic (exact) mass is 394 g/mol. The van der Waals surface area contributed by atoms with Gasteiger partial charge in [0.1, 0.15) is 5.69 Å². The van der Waals surface area contributed by atoms with Gasteiger partial charge in [0.2, 0.25) is 0 Å². The van der Waals surface area contributed by atoms with Crippen LogP contribution in [0.1, 0.15) is 17.1 Å². The van der Waals surface area contributed by atoms with Gasteiger partial charge in [-0.25, -0.2) is 14.3 Å². The molecule has 0 aliphatic rings. The number of pyridine rings is 1. The van der Waals surface area contributed by atoms with Crippen molar-refractivity contribution in [3.63, 3.8) is 0 Å². The Morgan fingerprint density at radius 1 is 1.25 bits per heavy atom. The van der Waals surface area contributed by atoms with E-state index >= 15 is 0 Å². The first-order chi connectivity index (χ1) is 13.3. The summed E-state index contributed by atoms with van der Waals surface area (Å²) >= 11 is 0. The number of alkyl halides is 3. The van der Waals surface area contributed by atoms with Crippen molar-refractivity contribution in [3.8, 4) is 0 Å². The number of nitrogens with one attached hydrogen (secondary N) is 2. The van der Waals surface area contributed by atoms with E-state index in [9.17, 15) is 18.0 Å². The van der Waals surface area contributed by atoms with E-state index in [0.717, 1.165) is 18.0 Å². The molecule has 0 aromatic carbocycles. The van der Waals surface area contributed by atoms with Crippen LogP contribution in [-0.2, 0) is 17.3 Å². The maximum atomic E-state index is 12.8. The minimum absolute atomic E-state index is 0.0396. The highest BCUT2D eigenvalue weighted by Crippen LogP contribution is 2.28. The topological polar surface area (TPSA) is 93.4 Å². The lowest BCUT2D eigenvalue weighted by atomic mass is 10.2. The molecule has 148 valence electrons. The first kappa shape index (κ1) is 19.5. The van der Waals surface area contributed by atoms with Gasteiger partial charge in [-0.05, 0) is 19.1 Å². The molecule has 0 aliphatic heterocycles. The average molecular weight is 394 g/mol. The molecular formula is C17H17F3N6O2. The van der Waals surface area contributed by atoms with E-state index in [1.165, 1.54) is 12.3 Å². The van der Waals surface area contributed by atoms with Crippen LogP contribution < -0.4 is 10.6 Å². The summed E-state index contributed by atoms with van der Waals surface area (Å²) in [6, 6.07) is 3.08. The summed E-state index contributed by atoms with van der Waals surface area (Å²) in [4.78, 5) is 19.8. The van der Waals surface area contributed by atoms with Crippen LogP contribution in [0.25, 0.3) is 5.65 Å². The molecule has 0 saturated heterocycles. The van der Waals surface area contributed by atoms with Crippen molar-refractivity contribution >= 4 is 23.1 Å². The molecule has 3 rings (SSSR count). The Hall–Kier alpha value is -3.21. The van der Waals surface area contributed by atoms with Gasteiger partial charge in [-0.2, -0.15) is 18.3 Å². The Morgan fingerprint density at radius 2 is 2.04 bits per heavy atom. The van der Waals surface area contributed by atoms with Crippen LogP contribution in [0.5, 0.6) is 0 Å². The van der Waals surface area contributed by atoms with E-state index in [2.05, 4.69) is 25.7 Å². The van der Waals surface area contributed by atoms with E-state index in [1.54, 1.807) is 17.7 Å². The Morgan fingerprint density at radius 3 is 2.75 bits per heavy atom. The molecule has 0 spiro atoms. The van der Waals surface area contributed by atoms with Crippen LogP contribution >= 0.6 is 0 Å². The van der Waals surface area contributed by atoms with Gasteiger partial charge < -0.3 is 15.4 Å². The zero-order valence-electron chi connectivity index (χ0n) is 15.0. The number of carbonyl (C=O) groups is 1. The molecule has 3 aromatic heterocycles. The minimum Gasteiger partial charge on any atom is -0.384 e. The molecule has 28 heavy (non-hydrogen) atoms. The summed E-state index contributed by atoms with van der Waals surface area (Å²) in [6.07, 6.45) is -1.72. The summed E-state index contributed by atoms with van der Waals surface area (Å²) in [6.45, 7) is 2.20. The Bertz CT molecular complexity index is 1000. The van der Waals surface area contributed by atoms with Crippen molar-refractivity contribution in [1.82, 2.24) is 19.6 Å². The SMILES string of the molecule is COCCc1c(NC(=O)Nc2ccnc(C(F)(F)F)c2)cnc2cc(C)nn12. The third-order valence-corrected chi connectivity index (χ3v) is 3.80. The summed E-state index contributed by atoms with van der Waals surface area (Å²) in [5, 5.41) is 9.31. The highest BCUT2D eigenvalue weighted by atomic mass is 19.4. The van der Waals surface area contributed by atoms with E-state index in [0.29, 0.717) is 30.1 Å². The molecule has 0 unspecified atom stereocenters. The van der Waals surface area contributed by atoms with Crippen LogP contribution in [0.3, 0.4) is 0 Å². The Kier molecular flexibility index (Phi) is 5.45. The van der Waals surface area contributed by atoms with E-state index < -0.39 is 17.9 Å². The van der Waals surface area contributed by atoms with Crippen LogP contribution in [-0.4, -0.2) is 39.3 Å². The smallest absolute Gasteiger partial charge is 0.384 e. The third kappa shape index (κ3) is 4.36. The molecule has 11 heteroatoms. The fraction of sp³-hybridized carbons (Fsp3) is 0.294. The molecule has 0 radical (unpaired) electrons. The summed E-state index contributed by atoms with van der Waals surface area (Å²) in [5.74, 6) is 0. The number of amides is 2. The summed E-state index contributed by atoms with van der Waals surface area (Å²) in [5.41, 5.74) is 1.25. The molecule has 3 aromatic rings. The number of rotatable bonds is 5. The quantitative estimate of drug-likeness (QED) is 0.693. The molecule has 3 heterocycles. The zero-order chi connectivity index (χ0) is 20.3. The molecule has 2 N–H and O–H groups in total. The number of urea groups is 1. The number of halogens is 3. The largest absolute Gasteiger partial charge is 0.433 e. The Balaban J connectivity index is 1.83. The molecule has 0 fully saturated rings. The number of anilines is 2. The number of hydrogen-bond acceptors (Lipinski definition) is 5. The standard InChI is InChI=1S/C17H17F3N6O2/c1-10-7-15-22-9-12(13(4-6-28-2)26(15)25-10)24-16(27)23-11-3-5-21-14(8-11)17(18,19)20/h3,5,7-9H,4,6H2,1-2H3,(H2,21,23,24,27). The van der Waals surface area contributed by atoms with Crippen molar-refractivity contribution in [2.45, 2.75) is 19.5 Å². The lowest BCUT2D eigenvalue weighted by molar-refractivity contribution is -0.141. The summed E-state index contributed by atoms with van der Waals surface area (Å²) in [7, 11) is 1.55. The van der Waals surface area contributed by atoms with E-state index in [1.807, 2.05) is 6.92 Å². The van der Waals surface area contributed by atoms with Gasteiger partial charge in [0.25, 0.3) is 0 Å². The number of aryl methyl sites for hydroxylation is 1. The number of nitrogens with zero attached hydrogens (tertiary/aromatic N) is 4. The van der Waals surface area contributed by atoms with Crippen molar-refractivity contribution in [1.29, 1.82) is 0 Å². The van der Waals surface area contributed by atoms with Crippen molar-refractivity contribution in [2.24, 2.45) is 0 Å². The lowest BCUT2D eigenvalue weighted by Gasteiger charge is -2.13. The third-order valence-electron chi connectivity index (χ3n) is 3.80. The molecule has 0 bridgehead atoms. The van der Waals surface area contributed by atoms with Gasteiger partial charge in [0, 0.05) is 31.5 Å². The molecular weight excluding hydrogens is 377 g/mol. The van der Waals surface area contributed by atoms with Gasteiger partial charge in [-0.15, -0.1) is 0 Å². The van der Waals surface area contributed by atoms with E-state index in [4.69, 9.17) is 4.74 Å². The number of aromatic nitrogens is 4. The van der Waals surface area contributed by atoms with Crippen molar-refractivity contribution < 1.29 is 22.7 Å². The molecule has 0 saturated carbocycles. The van der Waals surface area contributed by atoms with E-state index in [-0.39, 0.29) is 5.69 Å². The second-order valence-electron chi connectivity index (χ2n) is 5.92. The fourth-order valence-electron chi connectivity index (χ4n) is 2.59. The first-order valence-corrected chi connectivity index (χ1v) is 8.22. The molecule has 0 atom stereocenters. The van der Waals surface area contributed by atoms with Crippen molar-refractivity contribution in [2.75, 3.05) is 24.4 Å². The second-order valence-corrected chi connectivity index (χ2v) is 5.92. The van der Waals surface area contributed by atoms with Gasteiger partial charge in [0.15, 0.2) is 5.65 Å². The number of ether oxygens (including phenoxy) is 1. The Labute approximate surface area is 157 Å². The first-order valence-electron chi connectivity index (χ1n) is 8.22. The lowest BCUT2D eigenvalue weighted by Crippen LogP contribution is -2.22. The van der Waals surface area contributed by atoms with Gasteiger partial charge in [-0.3, -0.25) is 4.98 Å². The van der Waals surface area contributed by atoms with Crippen LogP contribution in [0, 0.1) is 6.92 Å².